The van der Waals surface area contributed by atoms with E-state index in [0.29, 0.717) is 0 Å². The molecule has 1 N–H and O–H groups in total. The number of benzene rings is 6. The largest absolute Gasteiger partial charge is 0.381 e. The van der Waals surface area contributed by atoms with Crippen molar-refractivity contribution in [3.05, 3.63) is 145 Å². The third-order valence-corrected chi connectivity index (χ3v) is 8.09. The molecule has 0 saturated heterocycles. The number of fused-ring (bicyclic) bond motifs is 4. The van der Waals surface area contributed by atoms with Crippen LogP contribution in [0.4, 0.5) is 0 Å². The fourth-order valence-electron chi connectivity index (χ4n) is 6.19. The monoisotopic (exact) mass is 483 g/mol. The summed E-state index contributed by atoms with van der Waals surface area (Å²) in [7, 11) is 0. The number of hydrogen-bond acceptors (Lipinski definition) is 1. The van der Waals surface area contributed by atoms with Crippen LogP contribution >= 0.6 is 0 Å². The first-order valence-corrected chi connectivity index (χ1v) is 13.2. The molecule has 0 saturated carbocycles. The minimum absolute atomic E-state index is 0.240. The number of nitrogens with one attached hydrogen (secondary N) is 1. The van der Waals surface area contributed by atoms with Gasteiger partial charge in [0, 0.05) is 0 Å². The standard InChI is InChI=1S/C37H25N/c1-2-7-32-31(6-1)34-9-5-8-33-30(19-20-35(32)37(33)34)29-18-17-27-22-26(15-16-28(27)23-29)24-11-13-25(14-12-24)36-10-3-4-21-38-36/h1-23,36,38H. The summed E-state index contributed by atoms with van der Waals surface area (Å²) in [6, 6.07) is 42.9. The quantitative estimate of drug-likeness (QED) is 0.264. The summed E-state index contributed by atoms with van der Waals surface area (Å²) in [6.07, 6.45) is 8.30. The minimum atomic E-state index is 0.240. The summed E-state index contributed by atoms with van der Waals surface area (Å²) in [6.45, 7) is 0. The fourth-order valence-corrected chi connectivity index (χ4v) is 6.19. The van der Waals surface area contributed by atoms with Gasteiger partial charge in [0.2, 0.25) is 0 Å². The Bertz CT molecular complexity index is 1910. The Morgan fingerprint density at radius 1 is 0.474 bits per heavy atom. The maximum atomic E-state index is 3.40. The van der Waals surface area contributed by atoms with Crippen molar-refractivity contribution in [2.75, 3.05) is 0 Å². The Morgan fingerprint density at radius 2 is 1.13 bits per heavy atom. The number of hydrogen-bond donors (Lipinski definition) is 1. The predicted octanol–water partition coefficient (Wildman–Crippen LogP) is 9.69. The minimum Gasteiger partial charge on any atom is -0.381 e. The van der Waals surface area contributed by atoms with Crippen LogP contribution in [0.15, 0.2) is 140 Å². The van der Waals surface area contributed by atoms with E-state index in [1.165, 1.54) is 71.6 Å². The zero-order chi connectivity index (χ0) is 25.1. The molecule has 2 aliphatic rings. The normalized spacial score (nSPS) is 15.1. The van der Waals surface area contributed by atoms with Crippen molar-refractivity contribution in [3.8, 4) is 44.5 Å². The summed E-state index contributed by atoms with van der Waals surface area (Å²) in [5, 5.41) is 8.62. The zero-order valence-electron chi connectivity index (χ0n) is 20.9. The van der Waals surface area contributed by atoms with Gasteiger partial charge in [0.25, 0.3) is 0 Å². The molecule has 1 unspecified atom stereocenters. The van der Waals surface area contributed by atoms with E-state index in [1.54, 1.807) is 0 Å². The maximum absolute atomic E-state index is 3.40. The molecule has 8 rings (SSSR count). The van der Waals surface area contributed by atoms with Gasteiger partial charge in [-0.3, -0.25) is 0 Å². The zero-order valence-corrected chi connectivity index (χ0v) is 20.9. The number of rotatable bonds is 3. The number of dihydropyridines is 1. The van der Waals surface area contributed by atoms with Crippen molar-refractivity contribution in [3.63, 3.8) is 0 Å². The molecular formula is C37H25N. The van der Waals surface area contributed by atoms with Gasteiger partial charge in [0.1, 0.15) is 0 Å². The highest BCUT2D eigenvalue weighted by Gasteiger charge is 2.22. The molecule has 38 heavy (non-hydrogen) atoms. The molecule has 1 nitrogen and oxygen atoms in total. The van der Waals surface area contributed by atoms with Crippen LogP contribution in [0.5, 0.6) is 0 Å². The highest BCUT2D eigenvalue weighted by molar-refractivity contribution is 6.18. The average Bonchev–Trinajstić information content (AvgIpc) is 3.33. The van der Waals surface area contributed by atoms with Gasteiger partial charge in [-0.25, -0.2) is 0 Å². The van der Waals surface area contributed by atoms with E-state index in [0.717, 1.165) is 0 Å². The lowest BCUT2D eigenvalue weighted by Crippen LogP contribution is -2.14. The van der Waals surface area contributed by atoms with Crippen LogP contribution in [0, 0.1) is 0 Å². The van der Waals surface area contributed by atoms with Crippen LogP contribution in [0.1, 0.15) is 11.6 Å². The van der Waals surface area contributed by atoms with E-state index in [9.17, 15) is 0 Å². The highest BCUT2D eigenvalue weighted by Crippen LogP contribution is 2.49. The molecular weight excluding hydrogens is 458 g/mol. The van der Waals surface area contributed by atoms with E-state index < -0.39 is 0 Å². The Labute approximate surface area is 222 Å². The van der Waals surface area contributed by atoms with Crippen LogP contribution in [0.3, 0.4) is 0 Å². The van der Waals surface area contributed by atoms with Gasteiger partial charge < -0.3 is 5.32 Å². The van der Waals surface area contributed by atoms with E-state index in [-0.39, 0.29) is 6.04 Å². The topological polar surface area (TPSA) is 12.0 Å². The molecule has 1 atom stereocenters. The summed E-state index contributed by atoms with van der Waals surface area (Å²) in [5.41, 5.74) is 11.7. The lowest BCUT2D eigenvalue weighted by atomic mass is 9.92. The van der Waals surface area contributed by atoms with E-state index in [1.807, 2.05) is 12.3 Å². The molecule has 178 valence electrons. The van der Waals surface area contributed by atoms with Crippen LogP contribution in [0.2, 0.25) is 0 Å². The van der Waals surface area contributed by atoms with Crippen molar-refractivity contribution in [2.45, 2.75) is 6.04 Å². The highest BCUT2D eigenvalue weighted by atomic mass is 14.9. The third kappa shape index (κ3) is 3.26. The Kier molecular flexibility index (Phi) is 4.65. The summed E-state index contributed by atoms with van der Waals surface area (Å²) in [4.78, 5) is 0. The molecule has 0 spiro atoms. The number of allylic oxidation sites excluding steroid dienone is 2. The maximum Gasteiger partial charge on any atom is 0.0695 e. The van der Waals surface area contributed by atoms with Crippen molar-refractivity contribution in [2.24, 2.45) is 0 Å². The first-order chi connectivity index (χ1) is 18.8. The molecule has 1 heterocycles. The predicted molar refractivity (Wildman–Crippen MR) is 161 cm³/mol. The molecule has 1 aliphatic heterocycles. The molecule has 1 heteroatoms. The van der Waals surface area contributed by atoms with Gasteiger partial charge in [-0.2, -0.15) is 0 Å². The average molecular weight is 484 g/mol. The Balaban J connectivity index is 1.17. The molecule has 6 aromatic carbocycles. The van der Waals surface area contributed by atoms with Crippen LogP contribution in [-0.4, -0.2) is 0 Å². The van der Waals surface area contributed by atoms with Gasteiger partial charge in [0.05, 0.1) is 6.04 Å². The molecule has 0 radical (unpaired) electrons. The molecule has 0 fully saturated rings. The van der Waals surface area contributed by atoms with E-state index in [4.69, 9.17) is 0 Å². The van der Waals surface area contributed by atoms with Gasteiger partial charge in [-0.15, -0.1) is 0 Å². The van der Waals surface area contributed by atoms with Crippen LogP contribution in [0.25, 0.3) is 66.1 Å². The van der Waals surface area contributed by atoms with Crippen LogP contribution in [-0.2, 0) is 0 Å². The second-order valence-corrected chi connectivity index (χ2v) is 10.2. The fraction of sp³-hybridized carbons (Fsp3) is 0.0270. The van der Waals surface area contributed by atoms with Crippen molar-refractivity contribution in [1.82, 2.24) is 5.32 Å². The molecule has 0 aromatic heterocycles. The second-order valence-electron chi connectivity index (χ2n) is 10.2. The lowest BCUT2D eigenvalue weighted by Gasteiger charge is -2.16. The first kappa shape index (κ1) is 21.2. The SMILES string of the molecule is C1=CNC(c2ccc(-c3ccc4cc(-c5ccc6c7c(cccc57)-c5ccccc5-6)ccc4c3)cc2)C=C1. The van der Waals surface area contributed by atoms with Crippen molar-refractivity contribution in [1.29, 1.82) is 0 Å². The first-order valence-electron chi connectivity index (χ1n) is 13.2. The molecule has 1 aliphatic carbocycles. The molecule has 0 amide bonds. The van der Waals surface area contributed by atoms with Gasteiger partial charge >= 0.3 is 0 Å². The van der Waals surface area contributed by atoms with E-state index in [2.05, 4.69) is 133 Å². The Morgan fingerprint density at radius 3 is 1.89 bits per heavy atom. The van der Waals surface area contributed by atoms with Crippen LogP contribution < -0.4 is 5.32 Å². The van der Waals surface area contributed by atoms with Gasteiger partial charge in [0.15, 0.2) is 0 Å². The lowest BCUT2D eigenvalue weighted by molar-refractivity contribution is 0.746. The van der Waals surface area contributed by atoms with Gasteiger partial charge in [-0.05, 0) is 96.0 Å². The summed E-state index contributed by atoms with van der Waals surface area (Å²) >= 11 is 0. The smallest absolute Gasteiger partial charge is 0.0695 e. The Hall–Kier alpha value is -4.88. The second kappa shape index (κ2) is 8.33. The van der Waals surface area contributed by atoms with Crippen molar-refractivity contribution < 1.29 is 0 Å². The van der Waals surface area contributed by atoms with Crippen molar-refractivity contribution >= 4 is 21.5 Å². The van der Waals surface area contributed by atoms with Gasteiger partial charge in [-0.1, -0.05) is 115 Å². The molecule has 6 aromatic rings. The summed E-state index contributed by atoms with van der Waals surface area (Å²) < 4.78 is 0. The third-order valence-electron chi connectivity index (χ3n) is 8.09. The molecule has 0 bridgehead atoms. The summed E-state index contributed by atoms with van der Waals surface area (Å²) in [5.74, 6) is 0. The van der Waals surface area contributed by atoms with E-state index >= 15 is 0 Å².